The molecule has 10 nitrogen and oxygen atoms in total. The molecule has 0 aromatic heterocycles. The van der Waals surface area contributed by atoms with Crippen LogP contribution in [-0.4, -0.2) is 98.6 Å². The standard InChI is InChI=1S/C15H30N2O8/c1-6-7(5-18)23-14(9(17-2)10(6)19)24-12-11(20)8(16)13(21-3)25-15(12)22-4/h6-15,17-20H,5,16H2,1-4H3/t6-,7?,8?,9?,10-,11?,12-,13-,14-,15-/m0/s1. The molecule has 2 rings (SSSR count). The van der Waals surface area contributed by atoms with Gasteiger partial charge in [-0.15, -0.1) is 0 Å². The van der Waals surface area contributed by atoms with Crippen molar-refractivity contribution >= 4 is 0 Å². The van der Waals surface area contributed by atoms with Crippen LogP contribution in [-0.2, 0) is 23.7 Å². The van der Waals surface area contributed by atoms with Gasteiger partial charge in [0.1, 0.15) is 12.2 Å². The van der Waals surface area contributed by atoms with Gasteiger partial charge < -0.3 is 50.1 Å². The van der Waals surface area contributed by atoms with E-state index >= 15 is 0 Å². The van der Waals surface area contributed by atoms with Gasteiger partial charge in [-0.25, -0.2) is 0 Å². The molecule has 148 valence electrons. The molecule has 2 aliphatic rings. The molecule has 0 bridgehead atoms. The maximum atomic E-state index is 10.5. The van der Waals surface area contributed by atoms with E-state index in [1.54, 1.807) is 14.0 Å². The van der Waals surface area contributed by atoms with Crippen LogP contribution in [0.15, 0.2) is 0 Å². The third-order valence-electron chi connectivity index (χ3n) is 4.95. The minimum atomic E-state index is -1.14. The van der Waals surface area contributed by atoms with Gasteiger partial charge in [0.25, 0.3) is 0 Å². The van der Waals surface area contributed by atoms with Crippen LogP contribution in [0.1, 0.15) is 6.92 Å². The second-order valence-corrected chi connectivity index (χ2v) is 6.40. The van der Waals surface area contributed by atoms with Gasteiger partial charge in [0, 0.05) is 20.1 Å². The monoisotopic (exact) mass is 366 g/mol. The van der Waals surface area contributed by atoms with E-state index in [1.807, 2.05) is 0 Å². The molecule has 2 fully saturated rings. The summed E-state index contributed by atoms with van der Waals surface area (Å²) < 4.78 is 27.5. The fraction of sp³-hybridized carbons (Fsp3) is 1.00. The van der Waals surface area contributed by atoms with Crippen LogP contribution < -0.4 is 11.1 Å². The van der Waals surface area contributed by atoms with E-state index in [4.69, 9.17) is 29.4 Å². The highest BCUT2D eigenvalue weighted by molar-refractivity contribution is 4.94. The zero-order valence-electron chi connectivity index (χ0n) is 14.9. The molecule has 0 aromatic carbocycles. The number of rotatable bonds is 6. The molecule has 0 aliphatic carbocycles. The highest BCUT2D eigenvalue weighted by Gasteiger charge is 2.49. The van der Waals surface area contributed by atoms with Gasteiger partial charge >= 0.3 is 0 Å². The molecule has 6 N–H and O–H groups in total. The second kappa shape index (κ2) is 9.00. The summed E-state index contributed by atoms with van der Waals surface area (Å²) in [5.74, 6) is -0.298. The summed E-state index contributed by atoms with van der Waals surface area (Å²) in [6.07, 6.45) is -6.26. The molecule has 4 unspecified atom stereocenters. The van der Waals surface area contributed by atoms with Crippen molar-refractivity contribution in [1.29, 1.82) is 0 Å². The number of hydrogen-bond acceptors (Lipinski definition) is 10. The molecule has 0 spiro atoms. The van der Waals surface area contributed by atoms with E-state index in [0.29, 0.717) is 0 Å². The maximum Gasteiger partial charge on any atom is 0.189 e. The van der Waals surface area contributed by atoms with Crippen LogP contribution in [0.2, 0.25) is 0 Å². The molecule has 25 heavy (non-hydrogen) atoms. The zero-order chi connectivity index (χ0) is 18.7. The van der Waals surface area contributed by atoms with Crippen molar-refractivity contribution in [2.24, 2.45) is 11.7 Å². The van der Waals surface area contributed by atoms with E-state index in [1.165, 1.54) is 14.2 Å². The lowest BCUT2D eigenvalue weighted by Gasteiger charge is -2.47. The Labute approximate surface area is 147 Å². The van der Waals surface area contributed by atoms with E-state index < -0.39 is 55.4 Å². The number of nitrogens with two attached hydrogens (primary N) is 1. The zero-order valence-corrected chi connectivity index (χ0v) is 14.9. The summed E-state index contributed by atoms with van der Waals surface area (Å²) in [5.41, 5.74) is 5.93. The predicted octanol–water partition coefficient (Wildman–Crippen LogP) is -2.66. The van der Waals surface area contributed by atoms with Crippen LogP contribution in [0.3, 0.4) is 0 Å². The normalized spacial score (nSPS) is 48.5. The topological polar surface area (TPSA) is 145 Å². The minimum absolute atomic E-state index is 0.267. The molecule has 2 saturated heterocycles. The van der Waals surface area contributed by atoms with Crippen molar-refractivity contribution in [3.05, 3.63) is 0 Å². The number of nitrogens with one attached hydrogen (secondary N) is 1. The Kier molecular flexibility index (Phi) is 7.52. The van der Waals surface area contributed by atoms with Crippen LogP contribution in [0.4, 0.5) is 0 Å². The van der Waals surface area contributed by atoms with Gasteiger partial charge in [0.2, 0.25) is 0 Å². The number of aliphatic hydroxyl groups is 3. The summed E-state index contributed by atoms with van der Waals surface area (Å²) >= 11 is 0. The number of likely N-dealkylation sites (N-methyl/N-ethyl adjacent to an activating group) is 1. The molecule has 0 amide bonds. The predicted molar refractivity (Wildman–Crippen MR) is 85.3 cm³/mol. The van der Waals surface area contributed by atoms with Gasteiger partial charge in [-0.3, -0.25) is 0 Å². The number of hydrogen-bond donors (Lipinski definition) is 5. The largest absolute Gasteiger partial charge is 0.394 e. The Balaban J connectivity index is 2.16. The highest BCUT2D eigenvalue weighted by Crippen LogP contribution is 2.30. The lowest BCUT2D eigenvalue weighted by Crippen LogP contribution is -2.66. The van der Waals surface area contributed by atoms with Crippen molar-refractivity contribution in [3.63, 3.8) is 0 Å². The molecule has 10 atom stereocenters. The molecule has 0 radical (unpaired) electrons. The third kappa shape index (κ3) is 4.14. The van der Waals surface area contributed by atoms with Crippen molar-refractivity contribution < 1.29 is 39.0 Å². The first-order valence-corrected chi connectivity index (χ1v) is 8.31. The average Bonchev–Trinajstić information content (AvgIpc) is 2.62. The van der Waals surface area contributed by atoms with Crippen LogP contribution >= 0.6 is 0 Å². The summed E-state index contributed by atoms with van der Waals surface area (Å²) in [6.45, 7) is 1.51. The van der Waals surface area contributed by atoms with Crippen LogP contribution in [0, 0.1) is 5.92 Å². The quantitative estimate of drug-likeness (QED) is 0.338. The van der Waals surface area contributed by atoms with Gasteiger partial charge in [-0.2, -0.15) is 0 Å². The molecule has 0 aromatic rings. The fourth-order valence-corrected chi connectivity index (χ4v) is 3.26. The molecule has 10 heteroatoms. The Morgan fingerprint density at radius 2 is 1.68 bits per heavy atom. The van der Waals surface area contributed by atoms with E-state index in [9.17, 15) is 15.3 Å². The van der Waals surface area contributed by atoms with E-state index in [0.717, 1.165) is 0 Å². The Morgan fingerprint density at radius 3 is 2.20 bits per heavy atom. The smallest absolute Gasteiger partial charge is 0.189 e. The second-order valence-electron chi connectivity index (χ2n) is 6.40. The number of methoxy groups -OCH3 is 2. The van der Waals surface area contributed by atoms with Gasteiger partial charge in [0.05, 0.1) is 30.9 Å². The SMILES string of the molecule is CNC1[C@H](O[C@H]2C(O)C(N)[C@@H](OC)O[C@@H]2OC)OC(CO)[C@H](C)[C@@H]1O. The Bertz CT molecular complexity index is 415. The van der Waals surface area contributed by atoms with Crippen molar-refractivity contribution in [2.45, 2.75) is 62.3 Å². The third-order valence-corrected chi connectivity index (χ3v) is 4.95. The first kappa shape index (κ1) is 20.9. The number of aliphatic hydroxyl groups excluding tert-OH is 3. The summed E-state index contributed by atoms with van der Waals surface area (Å²) in [6, 6.07) is -1.42. The molecular formula is C15H30N2O8. The fourth-order valence-electron chi connectivity index (χ4n) is 3.26. The minimum Gasteiger partial charge on any atom is -0.394 e. The van der Waals surface area contributed by atoms with E-state index in [2.05, 4.69) is 5.32 Å². The molecule has 0 saturated carbocycles. The summed E-state index contributed by atoms with van der Waals surface area (Å²) in [5, 5.41) is 33.4. The Morgan fingerprint density at radius 1 is 1.04 bits per heavy atom. The van der Waals surface area contributed by atoms with Crippen molar-refractivity contribution in [3.8, 4) is 0 Å². The molecular weight excluding hydrogens is 336 g/mol. The molecule has 2 heterocycles. The summed E-state index contributed by atoms with van der Waals surface area (Å²) in [7, 11) is 4.48. The van der Waals surface area contributed by atoms with Gasteiger partial charge in [-0.05, 0) is 7.05 Å². The van der Waals surface area contributed by atoms with Crippen LogP contribution in [0.25, 0.3) is 0 Å². The van der Waals surface area contributed by atoms with Crippen molar-refractivity contribution in [2.75, 3.05) is 27.9 Å². The highest BCUT2D eigenvalue weighted by atomic mass is 16.8. The lowest BCUT2D eigenvalue weighted by molar-refractivity contribution is -0.357. The van der Waals surface area contributed by atoms with Gasteiger partial charge in [0.15, 0.2) is 18.9 Å². The Hall–Kier alpha value is -0.400. The lowest BCUT2D eigenvalue weighted by atomic mass is 9.89. The number of ether oxygens (including phenoxy) is 5. The first-order chi connectivity index (χ1) is 11.9. The average molecular weight is 366 g/mol. The van der Waals surface area contributed by atoms with Crippen molar-refractivity contribution in [1.82, 2.24) is 5.32 Å². The van der Waals surface area contributed by atoms with E-state index in [-0.39, 0.29) is 12.5 Å². The van der Waals surface area contributed by atoms with Gasteiger partial charge in [-0.1, -0.05) is 6.92 Å². The first-order valence-electron chi connectivity index (χ1n) is 8.31. The maximum absolute atomic E-state index is 10.5. The molecule has 2 aliphatic heterocycles. The summed E-state index contributed by atoms with van der Waals surface area (Å²) in [4.78, 5) is 0. The van der Waals surface area contributed by atoms with Crippen LogP contribution in [0.5, 0.6) is 0 Å².